The summed E-state index contributed by atoms with van der Waals surface area (Å²) < 4.78 is 108. The number of methoxy groups -OCH3 is 1. The van der Waals surface area contributed by atoms with Crippen molar-refractivity contribution in [1.29, 1.82) is 0 Å². The number of aromatic nitrogens is 12. The van der Waals surface area contributed by atoms with Gasteiger partial charge in [0.2, 0.25) is 12.2 Å². The van der Waals surface area contributed by atoms with Crippen molar-refractivity contribution >= 4 is 82.5 Å². The molecular formula is C40H47N15O24P4-4. The summed E-state index contributed by atoms with van der Waals surface area (Å²) in [6, 6.07) is 7.56. The van der Waals surface area contributed by atoms with Crippen molar-refractivity contribution in [3.05, 3.63) is 71.1 Å². The van der Waals surface area contributed by atoms with E-state index in [1.54, 1.807) is 0 Å². The quantitative estimate of drug-likeness (QED) is 0.0232. The van der Waals surface area contributed by atoms with Crippen molar-refractivity contribution in [3.63, 3.8) is 0 Å². The minimum Gasteiger partial charge on any atom is -0.856 e. The number of phosphoric ester groups is 3. The molecule has 0 aliphatic carbocycles. The maximum Gasteiger partial charge on any atom is 0.309 e. The number of nitrogens with zero attached hydrogens (tertiary/aromatic N) is 11. The highest BCUT2D eigenvalue weighted by atomic mass is 31.3. The molecule has 0 saturated carbocycles. The molecule has 3 aliphatic rings. The zero-order valence-corrected chi connectivity index (χ0v) is 46.3. The zero-order valence-electron chi connectivity index (χ0n) is 42.7. The Balaban J connectivity index is 0.829. The van der Waals surface area contributed by atoms with Gasteiger partial charge < -0.3 is 98.9 Å². The van der Waals surface area contributed by atoms with Crippen LogP contribution in [-0.4, -0.2) is 156 Å². The zero-order chi connectivity index (χ0) is 59.7. The fourth-order valence-corrected chi connectivity index (χ4v) is 13.5. The first-order valence-corrected chi connectivity index (χ1v) is 29.9. The number of nitrogens with two attached hydrogens (primary N) is 2. The number of aryl methyl sites for hydroxylation is 2. The fraction of sp³-hybridized carbons (Fsp3) is 0.475. The highest BCUT2D eigenvalue weighted by Crippen LogP contribution is 2.63. The van der Waals surface area contributed by atoms with E-state index < -0.39 is 142 Å². The summed E-state index contributed by atoms with van der Waals surface area (Å²) in [5.41, 5.74) is 11.9. The molecule has 83 heavy (non-hydrogen) atoms. The first-order valence-electron chi connectivity index (χ1n) is 24.0. The highest BCUT2D eigenvalue weighted by molar-refractivity contribution is 7.65. The minimum absolute atomic E-state index is 0.0359. The van der Waals surface area contributed by atoms with E-state index in [0.717, 1.165) is 40.0 Å². The number of ether oxygens (including phenoxy) is 4. The smallest absolute Gasteiger partial charge is 0.309 e. The topological polar surface area (TPSA) is 563 Å². The van der Waals surface area contributed by atoms with Gasteiger partial charge in [-0.15, -0.1) is 0 Å². The molecule has 7 aromatic rings. The molecule has 0 amide bonds. The summed E-state index contributed by atoms with van der Waals surface area (Å²) >= 11 is 0. The van der Waals surface area contributed by atoms with Gasteiger partial charge in [-0.25, -0.2) is 38.1 Å². The molecule has 0 spiro atoms. The Morgan fingerprint density at radius 1 is 0.735 bits per heavy atom. The van der Waals surface area contributed by atoms with Crippen LogP contribution in [0.25, 0.3) is 33.5 Å². The first kappa shape index (κ1) is 60.2. The Morgan fingerprint density at radius 2 is 1.34 bits per heavy atom. The molecule has 0 bridgehead atoms. The van der Waals surface area contributed by atoms with Crippen LogP contribution in [0.1, 0.15) is 29.8 Å². The van der Waals surface area contributed by atoms with Crippen molar-refractivity contribution in [2.75, 3.05) is 43.7 Å². The van der Waals surface area contributed by atoms with Crippen LogP contribution in [0, 0.1) is 6.92 Å². The second kappa shape index (κ2) is 23.2. The van der Waals surface area contributed by atoms with Crippen LogP contribution in [0.4, 0.5) is 17.7 Å². The van der Waals surface area contributed by atoms with Crippen LogP contribution in [0.15, 0.2) is 54.4 Å². The summed E-state index contributed by atoms with van der Waals surface area (Å²) in [6.07, 6.45) is -16.6. The van der Waals surface area contributed by atoms with E-state index in [2.05, 4.69) is 58.3 Å². The van der Waals surface area contributed by atoms with E-state index in [1.807, 2.05) is 31.2 Å². The Labute approximate surface area is 463 Å². The van der Waals surface area contributed by atoms with Crippen LogP contribution < -0.4 is 51.6 Å². The highest BCUT2D eigenvalue weighted by Gasteiger charge is 2.51. The molecule has 0 radical (unpaired) electrons. The van der Waals surface area contributed by atoms with E-state index in [0.29, 0.717) is 0 Å². The van der Waals surface area contributed by atoms with E-state index in [1.165, 1.54) is 28.8 Å². The molecule has 16 atom stereocenters. The van der Waals surface area contributed by atoms with Gasteiger partial charge in [-0.1, -0.05) is 34.8 Å². The lowest BCUT2D eigenvalue weighted by Gasteiger charge is -2.35. The molecule has 450 valence electrons. The van der Waals surface area contributed by atoms with Gasteiger partial charge in [0.1, 0.15) is 61.3 Å². The number of H-pyrrole nitrogens is 1. The number of benzene rings is 1. The van der Waals surface area contributed by atoms with Gasteiger partial charge in [0.15, 0.2) is 52.4 Å². The summed E-state index contributed by atoms with van der Waals surface area (Å²) in [6.45, 7) is -1.55. The lowest BCUT2D eigenvalue weighted by Crippen LogP contribution is -2.46. The number of rotatable bonds is 22. The standard InChI is InChI=1S/C40H51N15O24P4/c1-16-4-6-17(7-5-16)8-43-30-21-31(45-12-44-30)53(13-46-21)38-29(70-3)28(77-80(62,63)71-9-18-24(56)26(58)36(74-18)54-14-47-22-32(54)48-39(41)50-34(22)60)20(76-38)11-73-82(66,67)79-83(68,69)78-81(64,65)72-10-19-25(57)27(59)37(75-19)55-15-52(2)23-33(55)49-40(42)51-35(23)61/h4-7,12-15,18-20,24-29,36-38,56-59H,8-11H2,1-3H3,(H10-,41,42,43,44,45,48,49,50,51,60,61,62,63,64,65,66,67,68,69)/p-4/t18-,19-,20-,24?,25?,26+,27?,28?,29+,36-,37-,38-/m1/s1. The fourth-order valence-electron chi connectivity index (χ4n) is 9.22. The SMILES string of the molecule is CO[C@H]1C(OP(=O)([O-])OC[C@H]2O[C@@H](n3cnc4c(=O)[nH]c(N)nc43)[C@@H](O)C2O)[C@@H](COP(=O)([O-])OP(=O)([O-])OP(=O)([O-])OC[C@H]2O[C@@H]([n+]3cn(C)c4c([O-])nc(N)nc43)C(O)C2O)O[C@H]1n1cnc2c(NCc3ccc(C)cc3)ncnc21. The number of aromatic amines is 1. The van der Waals surface area contributed by atoms with Crippen LogP contribution in [0.2, 0.25) is 0 Å². The van der Waals surface area contributed by atoms with Gasteiger partial charge in [0.05, 0.1) is 39.5 Å². The number of nitrogens with one attached hydrogen (secondary N) is 2. The Hall–Kier alpha value is -5.93. The van der Waals surface area contributed by atoms with E-state index >= 15 is 0 Å². The Bertz CT molecular complexity index is 3820. The van der Waals surface area contributed by atoms with Crippen LogP contribution in [0.5, 0.6) is 5.88 Å². The van der Waals surface area contributed by atoms with Gasteiger partial charge >= 0.3 is 5.65 Å². The van der Waals surface area contributed by atoms with Gasteiger partial charge in [-0.3, -0.25) is 41.7 Å². The van der Waals surface area contributed by atoms with Crippen LogP contribution in [-0.2, 0) is 77.5 Å². The Kier molecular flexibility index (Phi) is 16.8. The number of aliphatic hydroxyl groups is 4. The molecule has 6 aromatic heterocycles. The number of anilines is 3. The second-order valence-electron chi connectivity index (χ2n) is 18.6. The molecule has 43 heteroatoms. The maximum atomic E-state index is 13.7. The molecule has 9 heterocycles. The number of phosphoric acid groups is 4. The number of nitrogen functional groups attached to an aromatic ring is 2. The third-order valence-corrected chi connectivity index (χ3v) is 18.1. The summed E-state index contributed by atoms with van der Waals surface area (Å²) in [5, 5.41) is 58.9. The lowest BCUT2D eigenvalue weighted by molar-refractivity contribution is -0.745. The molecule has 39 nitrogen and oxygen atoms in total. The van der Waals surface area contributed by atoms with Crippen molar-refractivity contribution in [3.8, 4) is 5.88 Å². The molecule has 3 aliphatic heterocycles. The Morgan fingerprint density at radius 3 is 2.01 bits per heavy atom. The average Bonchev–Trinajstić information content (AvgIpc) is 4.48. The lowest BCUT2D eigenvalue weighted by atomic mass is 10.1. The van der Waals surface area contributed by atoms with Crippen molar-refractivity contribution < 1.29 is 114 Å². The number of imidazole rings is 3. The molecule has 1 aromatic carbocycles. The number of aliphatic hydroxyl groups excluding tert-OH is 4. The molecular weight excluding hydrogens is 1200 g/mol. The molecule has 8 unspecified atom stereocenters. The van der Waals surface area contributed by atoms with Gasteiger partial charge in [-0.2, -0.15) is 4.98 Å². The molecule has 10 N–H and O–H groups in total. The molecule has 10 rings (SSSR count). The average molecular weight is 1250 g/mol. The maximum absolute atomic E-state index is 13.7. The minimum atomic E-state index is -6.61. The van der Waals surface area contributed by atoms with E-state index in [4.69, 9.17) is 44.0 Å². The number of hydrogen-bond donors (Lipinski definition) is 8. The number of fused-ring (bicyclic) bond motifs is 3. The molecule has 3 fully saturated rings. The summed E-state index contributed by atoms with van der Waals surface area (Å²) in [5.74, 6) is -1.38. The van der Waals surface area contributed by atoms with Gasteiger partial charge in [-0.05, 0) is 12.5 Å². The number of hydrogen-bond acceptors (Lipinski definition) is 34. The van der Waals surface area contributed by atoms with E-state index in [9.17, 15) is 68.2 Å². The largest absolute Gasteiger partial charge is 0.856 e. The predicted molar refractivity (Wildman–Crippen MR) is 261 cm³/mol. The van der Waals surface area contributed by atoms with E-state index in [-0.39, 0.29) is 51.8 Å². The summed E-state index contributed by atoms with van der Waals surface area (Å²) in [7, 11) is -22.5. The first-order chi connectivity index (χ1) is 39.1. The predicted octanol–water partition coefficient (Wildman–Crippen LogP) is -5.12. The van der Waals surface area contributed by atoms with Gasteiger partial charge in [0.25, 0.3) is 42.8 Å². The van der Waals surface area contributed by atoms with Crippen molar-refractivity contribution in [2.24, 2.45) is 7.05 Å². The third kappa shape index (κ3) is 12.6. The second-order valence-corrected chi connectivity index (χ2v) is 24.5. The molecule has 3 saturated heterocycles. The van der Waals surface area contributed by atoms with Crippen LogP contribution >= 0.6 is 31.3 Å². The normalized spacial score (nSPS) is 28.6. The van der Waals surface area contributed by atoms with Crippen molar-refractivity contribution in [2.45, 2.75) is 87.1 Å². The monoisotopic (exact) mass is 1250 g/mol. The third-order valence-electron chi connectivity index (χ3n) is 13.0. The van der Waals surface area contributed by atoms with Gasteiger partial charge in [0, 0.05) is 19.5 Å². The van der Waals surface area contributed by atoms with Crippen molar-refractivity contribution in [1.82, 2.24) is 53.6 Å². The van der Waals surface area contributed by atoms with Crippen LogP contribution in [0.3, 0.4) is 0 Å². The summed E-state index contributed by atoms with van der Waals surface area (Å²) in [4.78, 5) is 95.5.